The summed E-state index contributed by atoms with van der Waals surface area (Å²) in [5.41, 5.74) is 1.71. The Morgan fingerprint density at radius 1 is 1.10 bits per heavy atom. The molecule has 3 amide bonds. The molecule has 29 heavy (non-hydrogen) atoms. The summed E-state index contributed by atoms with van der Waals surface area (Å²) in [4.78, 5) is 27.7. The van der Waals surface area contributed by atoms with Gasteiger partial charge >= 0.3 is 12.1 Å². The lowest BCUT2D eigenvalue weighted by atomic mass is 10.1. The first-order chi connectivity index (χ1) is 14.1. The number of anilines is 2. The van der Waals surface area contributed by atoms with Crippen LogP contribution >= 0.6 is 0 Å². The first-order valence-electron chi connectivity index (χ1n) is 8.79. The van der Waals surface area contributed by atoms with Gasteiger partial charge in [0.05, 0.1) is 18.9 Å². The minimum atomic E-state index is -0.562. The van der Waals surface area contributed by atoms with Crippen LogP contribution in [0.2, 0.25) is 0 Å². The van der Waals surface area contributed by atoms with Gasteiger partial charge in [-0.05, 0) is 31.2 Å². The Kier molecular flexibility index (Phi) is 6.31. The van der Waals surface area contributed by atoms with Gasteiger partial charge in [-0.25, -0.2) is 14.6 Å². The highest BCUT2D eigenvalue weighted by Crippen LogP contribution is 2.32. The molecule has 1 aromatic heterocycles. The van der Waals surface area contributed by atoms with E-state index >= 15 is 0 Å². The first kappa shape index (κ1) is 19.7. The molecule has 0 radical (unpaired) electrons. The van der Waals surface area contributed by atoms with Crippen LogP contribution < -0.4 is 25.4 Å². The number of carbonyl (C=O) groups excluding carboxylic acids is 2. The smallest absolute Gasteiger partial charge is 0.412 e. The molecule has 0 unspecified atom stereocenters. The third-order valence-corrected chi connectivity index (χ3v) is 3.78. The van der Waals surface area contributed by atoms with E-state index in [1.54, 1.807) is 55.6 Å². The topological polar surface area (TPSA) is 115 Å². The molecule has 3 rings (SSSR count). The standard InChI is InChI=1S/C20H20N4O5/c1-3-22-20(26)29-15-6-4-5-13(9-15)23-19(25)24-14-7-8-16(17(10-14)27-2)18-11-21-12-28-18/h4-12H,3H2,1-2H3,(H,22,26)(H2,23,24,25). The lowest BCUT2D eigenvalue weighted by molar-refractivity contribution is 0.201. The van der Waals surface area contributed by atoms with Gasteiger partial charge in [-0.3, -0.25) is 0 Å². The van der Waals surface area contributed by atoms with Crippen molar-refractivity contribution in [3.63, 3.8) is 0 Å². The molecule has 9 heteroatoms. The Labute approximate surface area is 167 Å². The summed E-state index contributed by atoms with van der Waals surface area (Å²) in [7, 11) is 1.53. The third kappa shape index (κ3) is 5.25. The van der Waals surface area contributed by atoms with Gasteiger partial charge < -0.3 is 29.8 Å². The van der Waals surface area contributed by atoms with Crippen molar-refractivity contribution in [3.8, 4) is 22.8 Å². The molecule has 3 N–H and O–H groups in total. The molecule has 3 aromatic rings. The van der Waals surface area contributed by atoms with E-state index in [1.165, 1.54) is 13.5 Å². The summed E-state index contributed by atoms with van der Waals surface area (Å²) in [6.07, 6.45) is 2.35. The lowest BCUT2D eigenvalue weighted by Gasteiger charge is -2.12. The molecule has 0 saturated heterocycles. The Bertz CT molecular complexity index is 988. The minimum absolute atomic E-state index is 0.312. The van der Waals surface area contributed by atoms with Gasteiger partial charge in [0, 0.05) is 30.1 Å². The molecule has 0 bridgehead atoms. The SMILES string of the molecule is CCNC(=O)Oc1cccc(NC(=O)Nc2ccc(-c3cnco3)c(OC)c2)c1. The van der Waals surface area contributed by atoms with Gasteiger partial charge in [-0.1, -0.05) is 6.07 Å². The maximum absolute atomic E-state index is 12.3. The molecule has 1 heterocycles. The van der Waals surface area contributed by atoms with Crippen LogP contribution in [0.15, 0.2) is 59.5 Å². The molecule has 9 nitrogen and oxygen atoms in total. The highest BCUT2D eigenvalue weighted by atomic mass is 16.6. The van der Waals surface area contributed by atoms with E-state index in [-0.39, 0.29) is 0 Å². The molecule has 0 spiro atoms. The average molecular weight is 396 g/mol. The Balaban J connectivity index is 1.66. The van der Waals surface area contributed by atoms with E-state index in [0.29, 0.717) is 40.7 Å². The Morgan fingerprint density at radius 2 is 1.90 bits per heavy atom. The Morgan fingerprint density at radius 3 is 2.59 bits per heavy atom. The molecule has 0 aliphatic heterocycles. The van der Waals surface area contributed by atoms with Crippen LogP contribution in [-0.4, -0.2) is 30.8 Å². The molecular weight excluding hydrogens is 376 g/mol. The van der Waals surface area contributed by atoms with Crippen LogP contribution in [0.5, 0.6) is 11.5 Å². The molecular formula is C20H20N4O5. The summed E-state index contributed by atoms with van der Waals surface area (Å²) in [6.45, 7) is 2.24. The van der Waals surface area contributed by atoms with Crippen molar-refractivity contribution >= 4 is 23.5 Å². The number of hydrogen-bond donors (Lipinski definition) is 3. The van der Waals surface area contributed by atoms with E-state index in [2.05, 4.69) is 20.9 Å². The zero-order valence-electron chi connectivity index (χ0n) is 15.9. The molecule has 0 fully saturated rings. The van der Waals surface area contributed by atoms with E-state index in [1.807, 2.05) is 0 Å². The quantitative estimate of drug-likeness (QED) is 0.578. The van der Waals surface area contributed by atoms with E-state index < -0.39 is 12.1 Å². The number of rotatable bonds is 6. The van der Waals surface area contributed by atoms with Crippen molar-refractivity contribution in [2.45, 2.75) is 6.92 Å². The molecule has 0 aliphatic carbocycles. The van der Waals surface area contributed by atoms with E-state index in [0.717, 1.165) is 0 Å². The van der Waals surface area contributed by atoms with Crippen LogP contribution in [0.4, 0.5) is 21.0 Å². The number of nitrogens with one attached hydrogen (secondary N) is 3. The van der Waals surface area contributed by atoms with Crippen LogP contribution in [0, 0.1) is 0 Å². The maximum atomic E-state index is 12.3. The number of carbonyl (C=O) groups is 2. The molecule has 2 aromatic carbocycles. The second kappa shape index (κ2) is 9.27. The van der Waals surface area contributed by atoms with Gasteiger partial charge in [-0.2, -0.15) is 0 Å². The Hall–Kier alpha value is -4.01. The fourth-order valence-electron chi connectivity index (χ4n) is 2.54. The fraction of sp³-hybridized carbons (Fsp3) is 0.150. The number of benzene rings is 2. The number of aromatic nitrogens is 1. The van der Waals surface area contributed by atoms with Crippen molar-refractivity contribution in [2.75, 3.05) is 24.3 Å². The molecule has 0 saturated carbocycles. The number of oxazole rings is 1. The summed E-state index contributed by atoms with van der Waals surface area (Å²) in [6, 6.07) is 11.2. The van der Waals surface area contributed by atoms with Crippen molar-refractivity contribution < 1.29 is 23.5 Å². The zero-order valence-corrected chi connectivity index (χ0v) is 15.9. The van der Waals surface area contributed by atoms with Gasteiger partial charge in [0.25, 0.3) is 0 Å². The van der Waals surface area contributed by atoms with Gasteiger partial charge in [0.2, 0.25) is 0 Å². The maximum Gasteiger partial charge on any atom is 0.412 e. The van der Waals surface area contributed by atoms with Gasteiger partial charge in [0.1, 0.15) is 11.5 Å². The van der Waals surface area contributed by atoms with E-state index in [9.17, 15) is 9.59 Å². The van der Waals surface area contributed by atoms with Crippen LogP contribution in [-0.2, 0) is 0 Å². The normalized spacial score (nSPS) is 10.1. The van der Waals surface area contributed by atoms with Crippen LogP contribution in [0.25, 0.3) is 11.3 Å². The van der Waals surface area contributed by atoms with E-state index in [4.69, 9.17) is 13.9 Å². The number of amides is 3. The summed E-state index contributed by atoms with van der Waals surface area (Å²) in [5.74, 6) is 1.39. The highest BCUT2D eigenvalue weighted by Gasteiger charge is 2.12. The monoisotopic (exact) mass is 396 g/mol. The summed E-state index contributed by atoms with van der Waals surface area (Å²) < 4.78 is 15.8. The molecule has 0 atom stereocenters. The predicted molar refractivity (Wildman–Crippen MR) is 107 cm³/mol. The fourth-order valence-corrected chi connectivity index (χ4v) is 2.54. The van der Waals surface area contributed by atoms with Crippen molar-refractivity contribution in [1.82, 2.24) is 10.3 Å². The third-order valence-electron chi connectivity index (χ3n) is 3.78. The number of hydrogen-bond acceptors (Lipinski definition) is 6. The second-order valence-corrected chi connectivity index (χ2v) is 5.81. The highest BCUT2D eigenvalue weighted by molar-refractivity contribution is 6.00. The van der Waals surface area contributed by atoms with Crippen molar-refractivity contribution in [2.24, 2.45) is 0 Å². The summed E-state index contributed by atoms with van der Waals surface area (Å²) in [5, 5.41) is 7.94. The number of ether oxygens (including phenoxy) is 2. The van der Waals surface area contributed by atoms with Crippen molar-refractivity contribution in [1.29, 1.82) is 0 Å². The predicted octanol–water partition coefficient (Wildman–Crippen LogP) is 4.10. The van der Waals surface area contributed by atoms with Crippen molar-refractivity contribution in [3.05, 3.63) is 55.1 Å². The zero-order chi connectivity index (χ0) is 20.6. The van der Waals surface area contributed by atoms with Crippen LogP contribution in [0.1, 0.15) is 6.92 Å². The first-order valence-corrected chi connectivity index (χ1v) is 8.79. The van der Waals surface area contributed by atoms with Crippen LogP contribution in [0.3, 0.4) is 0 Å². The van der Waals surface area contributed by atoms with Gasteiger partial charge in [0.15, 0.2) is 12.2 Å². The largest absolute Gasteiger partial charge is 0.496 e. The van der Waals surface area contributed by atoms with Gasteiger partial charge in [-0.15, -0.1) is 0 Å². The number of methoxy groups -OCH3 is 1. The minimum Gasteiger partial charge on any atom is -0.496 e. The number of nitrogens with zero attached hydrogens (tertiary/aromatic N) is 1. The number of urea groups is 1. The average Bonchev–Trinajstić information content (AvgIpc) is 3.22. The molecule has 150 valence electrons. The lowest BCUT2D eigenvalue weighted by Crippen LogP contribution is -2.26. The molecule has 0 aliphatic rings. The summed E-state index contributed by atoms with van der Waals surface area (Å²) >= 11 is 0. The second-order valence-electron chi connectivity index (χ2n) is 5.81.